The van der Waals surface area contributed by atoms with Crippen LogP contribution < -0.4 is 0 Å². The molecular formula is C15H36IrO6. The molecule has 0 spiro atoms. The van der Waals surface area contributed by atoms with Crippen molar-refractivity contribution in [2.24, 2.45) is 0 Å². The van der Waals surface area contributed by atoms with E-state index in [1.807, 2.05) is 0 Å². The summed E-state index contributed by atoms with van der Waals surface area (Å²) in [4.78, 5) is 0. The van der Waals surface area contributed by atoms with Crippen molar-refractivity contribution in [1.82, 2.24) is 0 Å². The first-order valence-corrected chi connectivity index (χ1v) is 7.46. The van der Waals surface area contributed by atoms with Crippen molar-refractivity contribution < 1.29 is 50.7 Å². The van der Waals surface area contributed by atoms with Crippen LogP contribution in [-0.2, 0) is 20.1 Å². The van der Waals surface area contributed by atoms with Crippen molar-refractivity contribution in [3.8, 4) is 0 Å². The van der Waals surface area contributed by atoms with Gasteiger partial charge in [0.05, 0.1) is 36.6 Å². The average Bonchev–Trinajstić information content (AvgIpc) is 2.10. The molecule has 0 aromatic carbocycles. The predicted molar refractivity (Wildman–Crippen MR) is 83.9 cm³/mol. The molecule has 7 heteroatoms. The van der Waals surface area contributed by atoms with Gasteiger partial charge in [-0.25, -0.2) is 0 Å². The first-order chi connectivity index (χ1) is 9.38. The number of aliphatic hydroxyl groups is 6. The van der Waals surface area contributed by atoms with Gasteiger partial charge < -0.3 is 30.6 Å². The molecule has 22 heavy (non-hydrogen) atoms. The Bertz CT molecular complexity index is 145. The molecule has 6 N–H and O–H groups in total. The largest absolute Gasteiger partial charge is 0.393 e. The van der Waals surface area contributed by atoms with E-state index in [-0.39, 0.29) is 56.7 Å². The van der Waals surface area contributed by atoms with Crippen LogP contribution in [-0.4, -0.2) is 67.3 Å². The van der Waals surface area contributed by atoms with Crippen molar-refractivity contribution in [2.75, 3.05) is 0 Å². The van der Waals surface area contributed by atoms with Gasteiger partial charge >= 0.3 is 0 Å². The Balaban J connectivity index is -0.000000108. The van der Waals surface area contributed by atoms with Gasteiger partial charge in [0.2, 0.25) is 0 Å². The van der Waals surface area contributed by atoms with Crippen LogP contribution in [0.15, 0.2) is 0 Å². The third-order valence-electron chi connectivity index (χ3n) is 2.05. The number of aliphatic hydroxyl groups excluding tert-OH is 6. The SMILES string of the molecule is CC(O)CC(C)O.CC(O)CC(C)O.CC(O)CC(C)O.[Ir]. The minimum atomic E-state index is -0.375. The summed E-state index contributed by atoms with van der Waals surface area (Å²) in [7, 11) is 0. The van der Waals surface area contributed by atoms with Crippen LogP contribution in [0.25, 0.3) is 0 Å². The van der Waals surface area contributed by atoms with E-state index in [0.717, 1.165) is 0 Å². The number of hydrogen-bond donors (Lipinski definition) is 6. The zero-order valence-electron chi connectivity index (χ0n) is 14.6. The second-order valence-corrected chi connectivity index (χ2v) is 5.80. The maximum Gasteiger partial charge on any atom is 0.0536 e. The van der Waals surface area contributed by atoms with Crippen LogP contribution in [0.3, 0.4) is 0 Å². The fourth-order valence-corrected chi connectivity index (χ4v) is 1.48. The molecular weight excluding hydrogens is 468 g/mol. The molecule has 0 bridgehead atoms. The molecule has 0 aliphatic heterocycles. The van der Waals surface area contributed by atoms with Gasteiger partial charge in [-0.15, -0.1) is 0 Å². The number of hydrogen-bond acceptors (Lipinski definition) is 6. The van der Waals surface area contributed by atoms with Gasteiger partial charge in [-0.3, -0.25) is 0 Å². The molecule has 6 unspecified atom stereocenters. The standard InChI is InChI=1S/3C5H12O2.Ir/c3*1-4(6)3-5(2)7;/h3*4-7H,3H2,1-2H3;. The van der Waals surface area contributed by atoms with Crippen LogP contribution in [0.4, 0.5) is 0 Å². The summed E-state index contributed by atoms with van der Waals surface area (Å²) in [5.41, 5.74) is 0. The van der Waals surface area contributed by atoms with Gasteiger partial charge in [-0.2, -0.15) is 0 Å². The van der Waals surface area contributed by atoms with E-state index in [4.69, 9.17) is 30.6 Å². The Morgan fingerprint density at radius 1 is 0.409 bits per heavy atom. The summed E-state index contributed by atoms with van der Waals surface area (Å²) < 4.78 is 0. The van der Waals surface area contributed by atoms with Crippen LogP contribution in [0.1, 0.15) is 60.8 Å². The van der Waals surface area contributed by atoms with E-state index >= 15 is 0 Å². The first kappa shape index (κ1) is 30.3. The van der Waals surface area contributed by atoms with Crippen molar-refractivity contribution in [3.63, 3.8) is 0 Å². The molecule has 0 heterocycles. The second-order valence-electron chi connectivity index (χ2n) is 5.80. The predicted octanol–water partition coefficient (Wildman–Crippen LogP) is 0.412. The van der Waals surface area contributed by atoms with Gasteiger partial charge in [0, 0.05) is 20.1 Å². The maximum atomic E-state index is 8.56. The quantitative estimate of drug-likeness (QED) is 0.312. The van der Waals surface area contributed by atoms with Crippen LogP contribution in [0.2, 0.25) is 0 Å². The smallest absolute Gasteiger partial charge is 0.0536 e. The Morgan fingerprint density at radius 3 is 0.500 bits per heavy atom. The summed E-state index contributed by atoms with van der Waals surface area (Å²) in [5, 5.41) is 51.4. The van der Waals surface area contributed by atoms with E-state index in [1.165, 1.54) is 0 Å². The van der Waals surface area contributed by atoms with E-state index in [1.54, 1.807) is 41.5 Å². The number of rotatable bonds is 6. The third-order valence-corrected chi connectivity index (χ3v) is 2.05. The summed E-state index contributed by atoms with van der Waals surface area (Å²) in [6.45, 7) is 9.96. The van der Waals surface area contributed by atoms with E-state index < -0.39 is 0 Å². The molecule has 0 aromatic rings. The van der Waals surface area contributed by atoms with E-state index in [9.17, 15) is 0 Å². The van der Waals surface area contributed by atoms with Gasteiger partial charge in [-0.05, 0) is 60.8 Å². The van der Waals surface area contributed by atoms with Crippen LogP contribution in [0, 0.1) is 0 Å². The summed E-state index contributed by atoms with van der Waals surface area (Å²) in [6.07, 6.45) is -0.833. The van der Waals surface area contributed by atoms with Crippen molar-refractivity contribution in [2.45, 2.75) is 97.4 Å². The van der Waals surface area contributed by atoms with E-state index in [0.29, 0.717) is 19.3 Å². The van der Waals surface area contributed by atoms with Gasteiger partial charge in [0.1, 0.15) is 0 Å². The first-order valence-electron chi connectivity index (χ1n) is 7.46. The fourth-order valence-electron chi connectivity index (χ4n) is 1.48. The van der Waals surface area contributed by atoms with Gasteiger partial charge in [0.25, 0.3) is 0 Å². The molecule has 0 amide bonds. The Morgan fingerprint density at radius 2 is 0.500 bits per heavy atom. The Labute approximate surface area is 148 Å². The van der Waals surface area contributed by atoms with Crippen molar-refractivity contribution >= 4 is 0 Å². The zero-order chi connectivity index (χ0) is 17.6. The minimum Gasteiger partial charge on any atom is -0.393 e. The van der Waals surface area contributed by atoms with Crippen LogP contribution >= 0.6 is 0 Å². The molecule has 0 saturated heterocycles. The molecule has 0 aliphatic rings. The Hall–Kier alpha value is 0.409. The topological polar surface area (TPSA) is 121 Å². The molecule has 0 fully saturated rings. The Kier molecular flexibility index (Phi) is 26.8. The molecule has 6 atom stereocenters. The van der Waals surface area contributed by atoms with E-state index in [2.05, 4.69) is 0 Å². The fraction of sp³-hybridized carbons (Fsp3) is 1.00. The van der Waals surface area contributed by atoms with Crippen molar-refractivity contribution in [1.29, 1.82) is 0 Å². The van der Waals surface area contributed by atoms with Crippen LogP contribution in [0.5, 0.6) is 0 Å². The normalized spacial score (nSPS) is 18.0. The molecule has 0 saturated carbocycles. The second kappa shape index (κ2) is 19.5. The van der Waals surface area contributed by atoms with Gasteiger partial charge in [-0.1, -0.05) is 0 Å². The third kappa shape index (κ3) is 49.9. The summed E-state index contributed by atoms with van der Waals surface area (Å²) >= 11 is 0. The zero-order valence-corrected chi connectivity index (χ0v) is 17.0. The summed E-state index contributed by atoms with van der Waals surface area (Å²) in [5.74, 6) is 0. The van der Waals surface area contributed by atoms with Crippen molar-refractivity contribution in [3.05, 3.63) is 0 Å². The monoisotopic (exact) mass is 505 g/mol. The molecule has 0 rings (SSSR count). The summed E-state index contributed by atoms with van der Waals surface area (Å²) in [6, 6.07) is 0. The maximum absolute atomic E-state index is 8.56. The molecule has 6 nitrogen and oxygen atoms in total. The molecule has 0 aliphatic carbocycles. The molecule has 0 aromatic heterocycles. The molecule has 141 valence electrons. The van der Waals surface area contributed by atoms with Gasteiger partial charge in [0.15, 0.2) is 0 Å². The molecule has 1 radical (unpaired) electrons. The minimum absolute atomic E-state index is 0. The average molecular weight is 505 g/mol.